The van der Waals surface area contributed by atoms with Crippen LogP contribution in [0.4, 0.5) is 4.79 Å². The summed E-state index contributed by atoms with van der Waals surface area (Å²) in [5, 5.41) is 9.74. The highest BCUT2D eigenvalue weighted by molar-refractivity contribution is 5.74. The highest BCUT2D eigenvalue weighted by Gasteiger charge is 2.43. The second-order valence-electron chi connectivity index (χ2n) is 6.71. The Morgan fingerprint density at radius 3 is 2.53 bits per heavy atom. The van der Waals surface area contributed by atoms with Crippen LogP contribution in [0.25, 0.3) is 0 Å². The average molecular weight is 267 g/mol. The predicted molar refractivity (Wildman–Crippen MR) is 78.1 cm³/mol. The number of piperidine rings is 1. The van der Waals surface area contributed by atoms with E-state index in [0.717, 1.165) is 19.5 Å². The molecule has 0 radical (unpaired) electrons. The molecule has 1 heterocycles. The SMILES string of the molecule is CC(C)C(C)NC(=O)NC1CCCC12CCNCC2. The summed E-state index contributed by atoms with van der Waals surface area (Å²) in [4.78, 5) is 12.1. The summed E-state index contributed by atoms with van der Waals surface area (Å²) >= 11 is 0. The molecule has 3 N–H and O–H groups in total. The van der Waals surface area contributed by atoms with Gasteiger partial charge < -0.3 is 16.0 Å². The van der Waals surface area contributed by atoms with E-state index < -0.39 is 0 Å². The van der Waals surface area contributed by atoms with Crippen LogP contribution in [-0.2, 0) is 0 Å². The van der Waals surface area contributed by atoms with Gasteiger partial charge in [-0.2, -0.15) is 0 Å². The molecule has 1 spiro atoms. The van der Waals surface area contributed by atoms with Crippen molar-refractivity contribution in [3.05, 3.63) is 0 Å². The van der Waals surface area contributed by atoms with Crippen molar-refractivity contribution in [3.8, 4) is 0 Å². The Kier molecular flexibility index (Phi) is 4.71. The van der Waals surface area contributed by atoms with Crippen LogP contribution in [-0.4, -0.2) is 31.2 Å². The van der Waals surface area contributed by atoms with E-state index in [9.17, 15) is 4.79 Å². The maximum atomic E-state index is 12.1. The molecule has 0 bridgehead atoms. The van der Waals surface area contributed by atoms with Gasteiger partial charge in [-0.25, -0.2) is 4.79 Å². The Morgan fingerprint density at radius 1 is 1.21 bits per heavy atom. The van der Waals surface area contributed by atoms with Crippen molar-refractivity contribution < 1.29 is 4.79 Å². The number of nitrogens with one attached hydrogen (secondary N) is 3. The van der Waals surface area contributed by atoms with Crippen LogP contribution in [0.15, 0.2) is 0 Å². The lowest BCUT2D eigenvalue weighted by molar-refractivity contribution is 0.158. The maximum Gasteiger partial charge on any atom is 0.315 e. The molecule has 19 heavy (non-hydrogen) atoms. The lowest BCUT2D eigenvalue weighted by atomic mass is 9.74. The summed E-state index contributed by atoms with van der Waals surface area (Å²) in [6, 6.07) is 0.616. The molecule has 1 aliphatic heterocycles. The van der Waals surface area contributed by atoms with Crippen molar-refractivity contribution in [2.45, 2.75) is 65.0 Å². The van der Waals surface area contributed by atoms with E-state index in [1.165, 1.54) is 25.7 Å². The third kappa shape index (κ3) is 3.41. The van der Waals surface area contributed by atoms with Crippen LogP contribution in [0.3, 0.4) is 0 Å². The normalized spacial score (nSPS) is 27.5. The van der Waals surface area contributed by atoms with Crippen LogP contribution < -0.4 is 16.0 Å². The molecule has 0 aromatic heterocycles. The molecule has 2 amide bonds. The fraction of sp³-hybridized carbons (Fsp3) is 0.933. The summed E-state index contributed by atoms with van der Waals surface area (Å²) < 4.78 is 0. The fourth-order valence-corrected chi connectivity index (χ4v) is 3.46. The van der Waals surface area contributed by atoms with Gasteiger partial charge in [-0.15, -0.1) is 0 Å². The standard InChI is InChI=1S/C15H29N3O/c1-11(2)12(3)17-14(19)18-13-5-4-6-15(13)7-9-16-10-8-15/h11-13,16H,4-10H2,1-3H3,(H2,17,18,19). The van der Waals surface area contributed by atoms with E-state index in [-0.39, 0.29) is 12.1 Å². The predicted octanol–water partition coefficient (Wildman–Crippen LogP) is 2.25. The first kappa shape index (κ1) is 14.6. The zero-order valence-corrected chi connectivity index (χ0v) is 12.6. The van der Waals surface area contributed by atoms with Crippen molar-refractivity contribution in [2.24, 2.45) is 11.3 Å². The monoisotopic (exact) mass is 267 g/mol. The Hall–Kier alpha value is -0.770. The number of carbonyl (C=O) groups excluding carboxylic acids is 1. The molecule has 1 saturated heterocycles. The van der Waals surface area contributed by atoms with Gasteiger partial charge in [0.15, 0.2) is 0 Å². The quantitative estimate of drug-likeness (QED) is 0.734. The van der Waals surface area contributed by atoms with Crippen LogP contribution in [0.5, 0.6) is 0 Å². The lowest BCUT2D eigenvalue weighted by Gasteiger charge is -2.39. The van der Waals surface area contributed by atoms with E-state index >= 15 is 0 Å². The van der Waals surface area contributed by atoms with Crippen molar-refractivity contribution >= 4 is 6.03 Å². The van der Waals surface area contributed by atoms with Crippen molar-refractivity contribution in [2.75, 3.05) is 13.1 Å². The number of carbonyl (C=O) groups is 1. The van der Waals surface area contributed by atoms with Gasteiger partial charge in [0.05, 0.1) is 0 Å². The van der Waals surface area contributed by atoms with E-state index in [4.69, 9.17) is 0 Å². The minimum Gasteiger partial charge on any atom is -0.335 e. The topological polar surface area (TPSA) is 53.2 Å². The van der Waals surface area contributed by atoms with Gasteiger partial charge in [0.25, 0.3) is 0 Å². The van der Waals surface area contributed by atoms with Crippen LogP contribution >= 0.6 is 0 Å². The van der Waals surface area contributed by atoms with Gasteiger partial charge in [-0.05, 0) is 57.0 Å². The minimum atomic E-state index is 0.0195. The molecule has 4 heteroatoms. The Balaban J connectivity index is 1.89. The molecule has 0 aromatic carbocycles. The third-order valence-electron chi connectivity index (χ3n) is 5.17. The molecule has 2 rings (SSSR count). The molecule has 110 valence electrons. The Morgan fingerprint density at radius 2 is 1.89 bits per heavy atom. The lowest BCUT2D eigenvalue weighted by Crippen LogP contribution is -2.53. The van der Waals surface area contributed by atoms with Gasteiger partial charge in [-0.3, -0.25) is 0 Å². The highest BCUT2D eigenvalue weighted by Crippen LogP contribution is 2.45. The van der Waals surface area contributed by atoms with Crippen molar-refractivity contribution in [3.63, 3.8) is 0 Å². The molecule has 1 saturated carbocycles. The molecule has 2 atom stereocenters. The molecule has 2 unspecified atom stereocenters. The number of hydrogen-bond acceptors (Lipinski definition) is 2. The van der Waals surface area contributed by atoms with Crippen LogP contribution in [0.2, 0.25) is 0 Å². The van der Waals surface area contributed by atoms with Crippen molar-refractivity contribution in [1.29, 1.82) is 0 Å². The fourth-order valence-electron chi connectivity index (χ4n) is 3.46. The average Bonchev–Trinajstić information content (AvgIpc) is 2.72. The van der Waals surface area contributed by atoms with E-state index in [1.54, 1.807) is 0 Å². The Bertz CT molecular complexity index is 311. The zero-order chi connectivity index (χ0) is 13.9. The van der Waals surface area contributed by atoms with E-state index in [0.29, 0.717) is 17.4 Å². The second-order valence-corrected chi connectivity index (χ2v) is 6.71. The first-order valence-electron chi connectivity index (χ1n) is 7.81. The van der Waals surface area contributed by atoms with Crippen molar-refractivity contribution in [1.82, 2.24) is 16.0 Å². The summed E-state index contributed by atoms with van der Waals surface area (Å²) in [6.45, 7) is 8.53. The van der Waals surface area contributed by atoms with E-state index in [1.807, 2.05) is 0 Å². The smallest absolute Gasteiger partial charge is 0.315 e. The van der Waals surface area contributed by atoms with Gasteiger partial charge in [-0.1, -0.05) is 20.3 Å². The number of hydrogen-bond donors (Lipinski definition) is 3. The molecular formula is C15H29N3O. The molecule has 2 fully saturated rings. The van der Waals surface area contributed by atoms with Gasteiger partial charge >= 0.3 is 6.03 Å². The van der Waals surface area contributed by atoms with Crippen LogP contribution in [0.1, 0.15) is 52.9 Å². The number of rotatable bonds is 3. The number of urea groups is 1. The maximum absolute atomic E-state index is 12.1. The summed E-state index contributed by atoms with van der Waals surface area (Å²) in [6.07, 6.45) is 6.09. The van der Waals surface area contributed by atoms with E-state index in [2.05, 4.69) is 36.7 Å². The second kappa shape index (κ2) is 6.12. The molecule has 2 aliphatic rings. The molecular weight excluding hydrogens is 238 g/mol. The summed E-state index contributed by atoms with van der Waals surface area (Å²) in [7, 11) is 0. The first-order chi connectivity index (χ1) is 9.03. The summed E-state index contributed by atoms with van der Waals surface area (Å²) in [5.41, 5.74) is 0.365. The Labute approximate surface area is 117 Å². The summed E-state index contributed by atoms with van der Waals surface area (Å²) in [5.74, 6) is 0.474. The van der Waals surface area contributed by atoms with Gasteiger partial charge in [0.2, 0.25) is 0 Å². The molecule has 0 aromatic rings. The zero-order valence-electron chi connectivity index (χ0n) is 12.6. The molecule has 1 aliphatic carbocycles. The van der Waals surface area contributed by atoms with Crippen LogP contribution in [0, 0.1) is 11.3 Å². The first-order valence-corrected chi connectivity index (χ1v) is 7.81. The molecule has 4 nitrogen and oxygen atoms in total. The largest absolute Gasteiger partial charge is 0.335 e. The highest BCUT2D eigenvalue weighted by atomic mass is 16.2. The third-order valence-corrected chi connectivity index (χ3v) is 5.17. The van der Waals surface area contributed by atoms with Gasteiger partial charge in [0.1, 0.15) is 0 Å². The number of amides is 2. The minimum absolute atomic E-state index is 0.0195. The van der Waals surface area contributed by atoms with Gasteiger partial charge in [0, 0.05) is 12.1 Å².